The number of hydrogen-bond acceptors (Lipinski definition) is 8. The predicted molar refractivity (Wildman–Crippen MR) is 219 cm³/mol. The van der Waals surface area contributed by atoms with Gasteiger partial charge < -0.3 is 23.8 Å². The van der Waals surface area contributed by atoms with Gasteiger partial charge in [-0.25, -0.2) is 14.8 Å². The molecule has 2 aliphatic heterocycles. The second kappa shape index (κ2) is 14.3. The molecule has 54 heavy (non-hydrogen) atoms. The molecule has 0 bridgehead atoms. The van der Waals surface area contributed by atoms with Crippen molar-refractivity contribution in [3.8, 4) is 11.1 Å². The Morgan fingerprint density at radius 2 is 1.67 bits per heavy atom. The van der Waals surface area contributed by atoms with Crippen LogP contribution in [-0.4, -0.2) is 56.8 Å². The van der Waals surface area contributed by atoms with Crippen LogP contribution in [-0.2, 0) is 33.8 Å². The average molecular weight is 731 g/mol. The summed E-state index contributed by atoms with van der Waals surface area (Å²) in [5, 5.41) is 1.18. The maximum atomic E-state index is 14.0. The highest BCUT2D eigenvalue weighted by Crippen LogP contribution is 2.46. The van der Waals surface area contributed by atoms with Crippen LogP contribution in [0.1, 0.15) is 108 Å². The predicted octanol–water partition coefficient (Wildman–Crippen LogP) is 9.59. The number of anilines is 2. The number of fused-ring (bicyclic) bond motifs is 4. The van der Waals surface area contributed by atoms with E-state index in [0.717, 1.165) is 103 Å². The number of ether oxygens (including phenoxy) is 2. The van der Waals surface area contributed by atoms with Gasteiger partial charge in [0.15, 0.2) is 11.9 Å². The van der Waals surface area contributed by atoms with Gasteiger partial charge in [-0.2, -0.15) is 0 Å². The summed E-state index contributed by atoms with van der Waals surface area (Å²) in [6.45, 7) is 27.1. The number of hydrogen-bond donors (Lipinski definition) is 0. The van der Waals surface area contributed by atoms with Crippen molar-refractivity contribution in [2.75, 3.05) is 29.4 Å². The molecule has 0 saturated carbocycles. The molecule has 1 atom stereocenters. The van der Waals surface area contributed by atoms with Crippen LogP contribution < -0.4 is 9.80 Å². The van der Waals surface area contributed by atoms with Crippen LogP contribution in [0.3, 0.4) is 0 Å². The van der Waals surface area contributed by atoms with Crippen molar-refractivity contribution >= 4 is 39.4 Å². The van der Waals surface area contributed by atoms with Crippen LogP contribution in [0.5, 0.6) is 0 Å². The summed E-state index contributed by atoms with van der Waals surface area (Å²) in [5.74, 6) is 0.613. The van der Waals surface area contributed by atoms with Gasteiger partial charge in [0.25, 0.3) is 0 Å². The van der Waals surface area contributed by atoms with Crippen LogP contribution in [0.2, 0.25) is 0 Å². The van der Waals surface area contributed by atoms with E-state index in [2.05, 4.69) is 85.4 Å². The van der Waals surface area contributed by atoms with E-state index in [0.29, 0.717) is 0 Å². The monoisotopic (exact) mass is 730 g/mol. The summed E-state index contributed by atoms with van der Waals surface area (Å²) in [6.07, 6.45) is 3.53. The number of nitrogens with zero attached hydrogens (tertiary/aromatic N) is 6. The zero-order valence-electron chi connectivity index (χ0n) is 34.3. The first kappa shape index (κ1) is 37.8. The Morgan fingerprint density at radius 1 is 0.926 bits per heavy atom. The van der Waals surface area contributed by atoms with Gasteiger partial charge in [0, 0.05) is 60.6 Å². The molecule has 0 spiro atoms. The average Bonchev–Trinajstić information content (AvgIpc) is 3.42. The van der Waals surface area contributed by atoms with Gasteiger partial charge in [0.2, 0.25) is 0 Å². The maximum Gasteiger partial charge on any atom is 0.340 e. The zero-order valence-corrected chi connectivity index (χ0v) is 34.3. The van der Waals surface area contributed by atoms with Crippen LogP contribution in [0.15, 0.2) is 42.7 Å². The van der Waals surface area contributed by atoms with E-state index in [9.17, 15) is 4.79 Å². The normalized spacial score (nSPS) is 16.7. The topological polar surface area (TPSA) is 85.6 Å². The number of rotatable bonds is 8. The van der Waals surface area contributed by atoms with E-state index in [1.807, 2.05) is 41.5 Å². The first-order valence-corrected chi connectivity index (χ1v) is 19.8. The third-order valence-corrected chi connectivity index (χ3v) is 11.2. The van der Waals surface area contributed by atoms with E-state index in [1.165, 1.54) is 27.6 Å². The molecule has 0 unspecified atom stereocenters. The summed E-state index contributed by atoms with van der Waals surface area (Å²) < 4.78 is 14.9. The highest BCUT2D eigenvalue weighted by atomic mass is 16.6. The number of esters is 1. The third-order valence-electron chi connectivity index (χ3n) is 11.2. The minimum atomic E-state index is -0.914. The second-order valence-electron chi connectivity index (χ2n) is 17.5. The first-order chi connectivity index (χ1) is 25.5. The standard InChI is InChI=1S/C45H58N6O3/c1-12-51-35-16-13-28(4)23-34(35)38-40(51)42(47-26-46-38)50-20-17-31-24-32(14-15-33(31)25-50)36-29(5)48-30(6)37(39(36)49-21-18-45(10,11)19-22-49)41(54-44(7,8)9)43(52)53-27(2)3/h13-16,23-24,26-27,41H,12,17-22,25H2,1-11H3/t41-/m0/s1. The van der Waals surface area contributed by atoms with Crippen molar-refractivity contribution in [3.05, 3.63) is 76.4 Å². The van der Waals surface area contributed by atoms with Crippen molar-refractivity contribution in [2.45, 2.75) is 126 Å². The number of benzene rings is 2. The Bertz CT molecular complexity index is 2220. The minimum absolute atomic E-state index is 0.253. The number of aromatic nitrogens is 4. The zero-order chi connectivity index (χ0) is 38.7. The Kier molecular flexibility index (Phi) is 10.0. The highest BCUT2D eigenvalue weighted by molar-refractivity contribution is 6.09. The third kappa shape index (κ3) is 7.19. The lowest BCUT2D eigenvalue weighted by molar-refractivity contribution is -0.171. The smallest absolute Gasteiger partial charge is 0.340 e. The molecule has 5 heterocycles. The molecule has 9 heteroatoms. The Hall–Kier alpha value is -4.50. The van der Waals surface area contributed by atoms with Crippen LogP contribution in [0.25, 0.3) is 33.1 Å². The molecule has 2 aromatic carbocycles. The van der Waals surface area contributed by atoms with E-state index < -0.39 is 11.7 Å². The minimum Gasteiger partial charge on any atom is -0.461 e. The molecular formula is C45H58N6O3. The number of pyridine rings is 1. The molecule has 1 saturated heterocycles. The van der Waals surface area contributed by atoms with Crippen molar-refractivity contribution in [1.82, 2.24) is 19.5 Å². The SMILES string of the molecule is CCn1c2ccc(C)cc2c2ncnc(N3CCc4cc(-c5c(C)nc(C)c([C@H](OC(C)(C)C)C(=O)OC(C)C)c5N5CCC(C)(C)CC5)ccc4C3)c21. The van der Waals surface area contributed by atoms with Crippen LogP contribution in [0.4, 0.5) is 11.5 Å². The van der Waals surface area contributed by atoms with Gasteiger partial charge in [-0.1, -0.05) is 43.7 Å². The molecule has 9 nitrogen and oxygen atoms in total. The summed E-state index contributed by atoms with van der Waals surface area (Å²) in [7, 11) is 0. The van der Waals surface area contributed by atoms with Gasteiger partial charge >= 0.3 is 5.97 Å². The van der Waals surface area contributed by atoms with Crippen LogP contribution >= 0.6 is 0 Å². The van der Waals surface area contributed by atoms with Gasteiger partial charge in [-0.05, 0) is 116 Å². The fraction of sp³-hybridized carbons (Fsp3) is 0.511. The van der Waals surface area contributed by atoms with Gasteiger partial charge in [-0.15, -0.1) is 0 Å². The van der Waals surface area contributed by atoms with Crippen molar-refractivity contribution in [2.24, 2.45) is 5.41 Å². The van der Waals surface area contributed by atoms with Gasteiger partial charge in [0.1, 0.15) is 17.4 Å². The van der Waals surface area contributed by atoms with Crippen molar-refractivity contribution in [1.29, 1.82) is 0 Å². The Labute approximate surface area is 321 Å². The quantitative estimate of drug-likeness (QED) is 0.146. The molecule has 3 aromatic heterocycles. The summed E-state index contributed by atoms with van der Waals surface area (Å²) in [6, 6.07) is 13.5. The Balaban J connectivity index is 1.32. The van der Waals surface area contributed by atoms with E-state index in [1.54, 1.807) is 6.33 Å². The summed E-state index contributed by atoms with van der Waals surface area (Å²) in [5.41, 5.74) is 12.6. The molecule has 1 fully saturated rings. The van der Waals surface area contributed by atoms with Gasteiger partial charge in [-0.3, -0.25) is 4.98 Å². The fourth-order valence-electron chi connectivity index (χ4n) is 8.50. The largest absolute Gasteiger partial charge is 0.461 e. The molecule has 7 rings (SSSR count). The molecule has 5 aromatic rings. The fourth-order valence-corrected chi connectivity index (χ4v) is 8.50. The highest BCUT2D eigenvalue weighted by Gasteiger charge is 2.38. The van der Waals surface area contributed by atoms with E-state index in [4.69, 9.17) is 24.4 Å². The van der Waals surface area contributed by atoms with Gasteiger partial charge in [0.05, 0.1) is 22.9 Å². The first-order valence-electron chi connectivity index (χ1n) is 19.8. The molecule has 0 amide bonds. The van der Waals surface area contributed by atoms with Crippen molar-refractivity contribution < 1.29 is 14.3 Å². The molecule has 0 radical (unpaired) electrons. The summed E-state index contributed by atoms with van der Waals surface area (Å²) >= 11 is 0. The molecular weight excluding hydrogens is 673 g/mol. The lowest BCUT2D eigenvalue weighted by Crippen LogP contribution is -2.39. The Morgan fingerprint density at radius 3 is 2.35 bits per heavy atom. The summed E-state index contributed by atoms with van der Waals surface area (Å²) in [4.78, 5) is 33.7. The van der Waals surface area contributed by atoms with E-state index in [-0.39, 0.29) is 17.5 Å². The molecule has 0 N–H and O–H groups in total. The number of piperidine rings is 1. The molecule has 2 aliphatic rings. The van der Waals surface area contributed by atoms with E-state index >= 15 is 0 Å². The molecule has 286 valence electrons. The second-order valence-corrected chi connectivity index (χ2v) is 17.5. The lowest BCUT2D eigenvalue weighted by Gasteiger charge is -2.41. The molecule has 0 aliphatic carbocycles. The number of carbonyl (C=O) groups is 1. The van der Waals surface area contributed by atoms with Crippen molar-refractivity contribution in [3.63, 3.8) is 0 Å². The maximum absolute atomic E-state index is 14.0. The number of aryl methyl sites for hydroxylation is 4. The van der Waals surface area contributed by atoms with Crippen LogP contribution in [0, 0.1) is 26.2 Å². The number of carbonyl (C=O) groups excluding carboxylic acids is 1. The lowest BCUT2D eigenvalue weighted by atomic mass is 9.81.